The molecule has 0 N–H and O–H groups in total. The fourth-order valence-corrected chi connectivity index (χ4v) is 5.97. The quantitative estimate of drug-likeness (QED) is 0.324. The Morgan fingerprint density at radius 3 is 2.62 bits per heavy atom. The van der Waals surface area contributed by atoms with E-state index in [0.29, 0.717) is 11.8 Å². The first-order valence-corrected chi connectivity index (χ1v) is 13.4. The molecule has 5 heteroatoms. The SMILES string of the molecule is COc1cccc2c1nc(-c1ccc(-c3ccc4c(c3)CC=C4)cc1)n2C[C@@H]1CCN(C(=O)C2CC2)C1. The Hall–Kier alpha value is -3.86. The number of methoxy groups -OCH3 is 1. The fraction of sp³-hybridized carbons (Fsp3) is 0.312. The molecule has 2 aliphatic carbocycles. The Morgan fingerprint density at radius 1 is 1.00 bits per heavy atom. The molecule has 0 radical (unpaired) electrons. The number of para-hydroxylation sites is 1. The van der Waals surface area contributed by atoms with Crippen molar-refractivity contribution in [1.29, 1.82) is 0 Å². The topological polar surface area (TPSA) is 47.4 Å². The van der Waals surface area contributed by atoms with E-state index in [-0.39, 0.29) is 5.92 Å². The van der Waals surface area contributed by atoms with Gasteiger partial charge in [0.1, 0.15) is 17.1 Å². The second kappa shape index (κ2) is 8.91. The van der Waals surface area contributed by atoms with Crippen LogP contribution in [0.15, 0.2) is 66.7 Å². The highest BCUT2D eigenvalue weighted by Crippen LogP contribution is 2.36. The maximum Gasteiger partial charge on any atom is 0.225 e. The Balaban J connectivity index is 1.22. The molecular formula is C32H31N3O2. The van der Waals surface area contributed by atoms with Gasteiger partial charge >= 0.3 is 0 Å². The van der Waals surface area contributed by atoms with Crippen LogP contribution in [0.25, 0.3) is 39.6 Å². The summed E-state index contributed by atoms with van der Waals surface area (Å²) in [6, 6.07) is 21.6. The normalized spacial score (nSPS) is 18.5. The monoisotopic (exact) mass is 489 g/mol. The molecule has 0 spiro atoms. The summed E-state index contributed by atoms with van der Waals surface area (Å²) in [5.41, 5.74) is 8.23. The maximum atomic E-state index is 12.6. The Morgan fingerprint density at radius 2 is 1.81 bits per heavy atom. The summed E-state index contributed by atoms with van der Waals surface area (Å²) >= 11 is 0. The van der Waals surface area contributed by atoms with Crippen molar-refractivity contribution in [3.8, 4) is 28.3 Å². The van der Waals surface area contributed by atoms with Gasteiger partial charge in [-0.1, -0.05) is 60.7 Å². The number of aromatic nitrogens is 2. The summed E-state index contributed by atoms with van der Waals surface area (Å²) < 4.78 is 8.00. The summed E-state index contributed by atoms with van der Waals surface area (Å²) in [6.07, 6.45) is 8.60. The van der Waals surface area contributed by atoms with E-state index >= 15 is 0 Å². The van der Waals surface area contributed by atoms with Crippen LogP contribution in [0.3, 0.4) is 0 Å². The summed E-state index contributed by atoms with van der Waals surface area (Å²) in [7, 11) is 1.70. The number of imidazole rings is 1. The molecule has 1 saturated heterocycles. The first-order chi connectivity index (χ1) is 18.2. The number of rotatable bonds is 6. The number of hydrogen-bond acceptors (Lipinski definition) is 3. The minimum absolute atomic E-state index is 0.285. The molecule has 1 saturated carbocycles. The molecule has 1 aliphatic heterocycles. The Kier molecular flexibility index (Phi) is 5.38. The molecule has 4 aromatic rings. The van der Waals surface area contributed by atoms with Gasteiger partial charge in [-0.2, -0.15) is 0 Å². The predicted molar refractivity (Wildman–Crippen MR) is 147 cm³/mol. The number of hydrogen-bond donors (Lipinski definition) is 0. The van der Waals surface area contributed by atoms with E-state index < -0.39 is 0 Å². The van der Waals surface area contributed by atoms with Gasteiger partial charge in [0.15, 0.2) is 0 Å². The Bertz CT molecular complexity index is 1530. The molecule has 3 aromatic carbocycles. The number of nitrogens with zero attached hydrogens (tertiary/aromatic N) is 3. The molecule has 5 nitrogen and oxygen atoms in total. The molecule has 2 heterocycles. The molecule has 3 aliphatic rings. The number of carbonyl (C=O) groups excluding carboxylic acids is 1. The van der Waals surface area contributed by atoms with Crippen LogP contribution < -0.4 is 4.74 Å². The van der Waals surface area contributed by atoms with Gasteiger partial charge in [-0.15, -0.1) is 0 Å². The standard InChI is InChI=1S/C32H31N3O2/c1-37-29-7-3-6-28-30(29)33-31(35(28)20-21-16-17-34(19-21)32(36)25-13-14-25)24-11-8-23(9-12-24)27-15-10-22-4-2-5-26(22)18-27/h2-4,6-12,15,18,21,25H,5,13-14,16-17,19-20H2,1H3/t21-/m1/s1. The zero-order chi connectivity index (χ0) is 24.9. The molecule has 1 atom stereocenters. The predicted octanol–water partition coefficient (Wildman–Crippen LogP) is 6.21. The smallest absolute Gasteiger partial charge is 0.225 e. The van der Waals surface area contributed by atoms with Crippen LogP contribution in [-0.2, 0) is 17.8 Å². The van der Waals surface area contributed by atoms with Crippen molar-refractivity contribution in [2.75, 3.05) is 20.2 Å². The molecular weight excluding hydrogens is 458 g/mol. The number of carbonyl (C=O) groups is 1. The summed E-state index contributed by atoms with van der Waals surface area (Å²) in [5, 5.41) is 0. The van der Waals surface area contributed by atoms with Gasteiger partial charge in [0, 0.05) is 31.1 Å². The Labute approximate surface area is 217 Å². The number of ether oxygens (including phenoxy) is 1. The molecule has 0 bridgehead atoms. The zero-order valence-electron chi connectivity index (χ0n) is 21.2. The van der Waals surface area contributed by atoms with Gasteiger partial charge in [-0.3, -0.25) is 4.79 Å². The van der Waals surface area contributed by atoms with Crippen LogP contribution in [0, 0.1) is 11.8 Å². The van der Waals surface area contributed by atoms with E-state index in [1.54, 1.807) is 7.11 Å². The molecule has 37 heavy (non-hydrogen) atoms. The van der Waals surface area contributed by atoms with Gasteiger partial charge in [-0.05, 0) is 66.0 Å². The fourth-order valence-electron chi connectivity index (χ4n) is 5.97. The minimum Gasteiger partial charge on any atom is -0.494 e. The minimum atomic E-state index is 0.285. The average molecular weight is 490 g/mol. The third-order valence-electron chi connectivity index (χ3n) is 8.18. The number of fused-ring (bicyclic) bond motifs is 2. The second-order valence-electron chi connectivity index (χ2n) is 10.7. The lowest BCUT2D eigenvalue weighted by molar-refractivity contribution is -0.131. The van der Waals surface area contributed by atoms with Gasteiger partial charge in [-0.25, -0.2) is 4.98 Å². The first-order valence-electron chi connectivity index (χ1n) is 13.4. The van der Waals surface area contributed by atoms with Crippen molar-refractivity contribution < 1.29 is 9.53 Å². The zero-order valence-corrected chi connectivity index (χ0v) is 21.2. The number of likely N-dealkylation sites (tertiary alicyclic amines) is 1. The van der Waals surface area contributed by atoms with Gasteiger partial charge < -0.3 is 14.2 Å². The molecule has 186 valence electrons. The van der Waals surface area contributed by atoms with Crippen molar-refractivity contribution in [2.24, 2.45) is 11.8 Å². The van der Waals surface area contributed by atoms with Crippen LogP contribution in [0.4, 0.5) is 0 Å². The molecule has 1 amide bonds. The second-order valence-corrected chi connectivity index (χ2v) is 10.7. The van der Waals surface area contributed by atoms with Crippen LogP contribution in [0.2, 0.25) is 0 Å². The number of allylic oxidation sites excluding steroid dienone is 1. The largest absolute Gasteiger partial charge is 0.494 e. The highest BCUT2D eigenvalue weighted by molar-refractivity contribution is 5.86. The summed E-state index contributed by atoms with van der Waals surface area (Å²) in [6.45, 7) is 2.55. The van der Waals surface area contributed by atoms with Crippen molar-refractivity contribution in [3.05, 3.63) is 77.9 Å². The highest BCUT2D eigenvalue weighted by Gasteiger charge is 2.37. The van der Waals surface area contributed by atoms with E-state index in [2.05, 4.69) is 70.1 Å². The van der Waals surface area contributed by atoms with Crippen molar-refractivity contribution in [2.45, 2.75) is 32.2 Å². The molecule has 1 aromatic heterocycles. The third-order valence-corrected chi connectivity index (χ3v) is 8.18. The van der Waals surface area contributed by atoms with E-state index in [0.717, 1.165) is 73.5 Å². The van der Waals surface area contributed by atoms with Crippen LogP contribution >= 0.6 is 0 Å². The maximum absolute atomic E-state index is 12.6. The van der Waals surface area contributed by atoms with Gasteiger partial charge in [0.05, 0.1) is 12.6 Å². The average Bonchev–Trinajstić information content (AvgIpc) is 3.32. The number of amides is 1. The highest BCUT2D eigenvalue weighted by atomic mass is 16.5. The lowest BCUT2D eigenvalue weighted by Crippen LogP contribution is -2.30. The van der Waals surface area contributed by atoms with Crippen molar-refractivity contribution in [3.63, 3.8) is 0 Å². The van der Waals surface area contributed by atoms with E-state index in [1.807, 2.05) is 12.1 Å². The third kappa shape index (κ3) is 4.03. The van der Waals surface area contributed by atoms with Crippen molar-refractivity contribution >= 4 is 23.0 Å². The van der Waals surface area contributed by atoms with Crippen LogP contribution in [0.1, 0.15) is 30.4 Å². The lowest BCUT2D eigenvalue weighted by Gasteiger charge is -2.18. The lowest BCUT2D eigenvalue weighted by atomic mass is 9.99. The van der Waals surface area contributed by atoms with Crippen molar-refractivity contribution in [1.82, 2.24) is 14.5 Å². The molecule has 2 fully saturated rings. The van der Waals surface area contributed by atoms with E-state index in [1.165, 1.54) is 22.3 Å². The summed E-state index contributed by atoms with van der Waals surface area (Å²) in [4.78, 5) is 19.8. The molecule has 7 rings (SSSR count). The summed E-state index contributed by atoms with van der Waals surface area (Å²) in [5.74, 6) is 2.81. The van der Waals surface area contributed by atoms with E-state index in [9.17, 15) is 4.79 Å². The first kappa shape index (κ1) is 22.3. The van der Waals surface area contributed by atoms with Gasteiger partial charge in [0.25, 0.3) is 0 Å². The number of benzene rings is 3. The van der Waals surface area contributed by atoms with E-state index in [4.69, 9.17) is 9.72 Å². The molecule has 0 unspecified atom stereocenters. The van der Waals surface area contributed by atoms with Gasteiger partial charge in [0.2, 0.25) is 5.91 Å². The van der Waals surface area contributed by atoms with Crippen LogP contribution in [-0.4, -0.2) is 40.6 Å². The van der Waals surface area contributed by atoms with Crippen LogP contribution in [0.5, 0.6) is 5.75 Å².